The topological polar surface area (TPSA) is 17.8 Å². The molecule has 1 aromatic heterocycles. The lowest BCUT2D eigenvalue weighted by molar-refractivity contribution is -0.164. The van der Waals surface area contributed by atoms with Crippen LogP contribution < -0.4 is 0 Å². The molecule has 2 nitrogen and oxygen atoms in total. The maximum absolute atomic E-state index is 12.6. The molecule has 1 atom stereocenters. The summed E-state index contributed by atoms with van der Waals surface area (Å²) in [6.45, 7) is 4.68. The van der Waals surface area contributed by atoms with Crippen LogP contribution in [0.4, 0.5) is 13.2 Å². The molecule has 2 rings (SSSR count). The van der Waals surface area contributed by atoms with Gasteiger partial charge in [-0.25, -0.2) is 0 Å². The number of benzene rings is 1. The van der Waals surface area contributed by atoms with Crippen molar-refractivity contribution in [3.05, 3.63) is 36.5 Å². The van der Waals surface area contributed by atoms with Crippen LogP contribution in [0.1, 0.15) is 18.5 Å². The van der Waals surface area contributed by atoms with Crippen LogP contribution in [0, 0.1) is 0 Å². The summed E-state index contributed by atoms with van der Waals surface area (Å²) in [5, 5.41) is 4.49. The molecule has 17 heavy (non-hydrogen) atoms. The van der Waals surface area contributed by atoms with E-state index >= 15 is 0 Å². The van der Waals surface area contributed by atoms with E-state index in [4.69, 9.17) is 0 Å². The van der Waals surface area contributed by atoms with Gasteiger partial charge in [0.25, 0.3) is 0 Å². The molecule has 2 aromatic rings. The fraction of sp³-hybridized carbons (Fsp3) is 0.250. The van der Waals surface area contributed by atoms with Gasteiger partial charge in [-0.2, -0.15) is 18.3 Å². The van der Waals surface area contributed by atoms with E-state index < -0.39 is 12.2 Å². The Hall–Kier alpha value is -1.78. The molecule has 0 aliphatic heterocycles. The predicted octanol–water partition coefficient (Wildman–Crippen LogP) is 3.80. The SMILES string of the molecule is C=Cc1ccc2cnn(C(C)C(F)(F)F)c2c1. The Labute approximate surface area is 96.4 Å². The molecule has 90 valence electrons. The first-order valence-electron chi connectivity index (χ1n) is 5.10. The maximum Gasteiger partial charge on any atom is 0.410 e. The van der Waals surface area contributed by atoms with Crippen molar-refractivity contribution in [1.29, 1.82) is 0 Å². The fourth-order valence-electron chi connectivity index (χ4n) is 1.63. The molecule has 0 amide bonds. The predicted molar refractivity (Wildman–Crippen MR) is 60.6 cm³/mol. The quantitative estimate of drug-likeness (QED) is 0.780. The molecule has 1 aromatic carbocycles. The van der Waals surface area contributed by atoms with Crippen molar-refractivity contribution in [1.82, 2.24) is 9.78 Å². The highest BCUT2D eigenvalue weighted by Gasteiger charge is 2.38. The van der Waals surface area contributed by atoms with Crippen molar-refractivity contribution >= 4 is 17.0 Å². The normalized spacial score (nSPS) is 13.9. The molecule has 0 saturated heterocycles. The van der Waals surface area contributed by atoms with E-state index in [-0.39, 0.29) is 0 Å². The molecule has 0 aliphatic carbocycles. The third kappa shape index (κ3) is 2.05. The average Bonchev–Trinajstić information content (AvgIpc) is 2.69. The number of aromatic nitrogens is 2. The minimum Gasteiger partial charge on any atom is -0.253 e. The highest BCUT2D eigenvalue weighted by Crippen LogP contribution is 2.32. The van der Waals surface area contributed by atoms with Crippen LogP contribution in [0.15, 0.2) is 31.0 Å². The fourth-order valence-corrected chi connectivity index (χ4v) is 1.63. The van der Waals surface area contributed by atoms with Crippen molar-refractivity contribution < 1.29 is 13.2 Å². The number of hydrogen-bond acceptors (Lipinski definition) is 1. The van der Waals surface area contributed by atoms with Crippen LogP contribution in [-0.4, -0.2) is 16.0 Å². The van der Waals surface area contributed by atoms with Crippen molar-refractivity contribution in [2.75, 3.05) is 0 Å². The third-order valence-corrected chi connectivity index (χ3v) is 2.70. The molecule has 0 radical (unpaired) electrons. The van der Waals surface area contributed by atoms with Crippen LogP contribution in [0.2, 0.25) is 0 Å². The molecule has 1 heterocycles. The smallest absolute Gasteiger partial charge is 0.253 e. The lowest BCUT2D eigenvalue weighted by atomic mass is 10.1. The van der Waals surface area contributed by atoms with E-state index in [9.17, 15) is 13.2 Å². The van der Waals surface area contributed by atoms with Gasteiger partial charge in [0, 0.05) is 5.39 Å². The Morgan fingerprint density at radius 3 is 2.71 bits per heavy atom. The number of alkyl halides is 3. The van der Waals surface area contributed by atoms with Crippen molar-refractivity contribution in [3.8, 4) is 0 Å². The zero-order valence-electron chi connectivity index (χ0n) is 9.20. The van der Waals surface area contributed by atoms with Crippen LogP contribution >= 0.6 is 0 Å². The summed E-state index contributed by atoms with van der Waals surface area (Å²) in [7, 11) is 0. The van der Waals surface area contributed by atoms with Gasteiger partial charge in [0.15, 0.2) is 0 Å². The highest BCUT2D eigenvalue weighted by atomic mass is 19.4. The van der Waals surface area contributed by atoms with Crippen molar-refractivity contribution in [2.45, 2.75) is 19.1 Å². The standard InChI is InChI=1S/C12H11F3N2/c1-3-9-4-5-10-7-16-17(11(10)6-9)8(2)12(13,14)15/h3-8H,1H2,2H3. The summed E-state index contributed by atoms with van der Waals surface area (Å²) >= 11 is 0. The third-order valence-electron chi connectivity index (χ3n) is 2.70. The summed E-state index contributed by atoms with van der Waals surface area (Å²) in [5.41, 5.74) is 1.24. The van der Waals surface area contributed by atoms with Gasteiger partial charge in [0.2, 0.25) is 0 Å². The number of rotatable bonds is 2. The van der Waals surface area contributed by atoms with Crippen LogP contribution in [0.25, 0.3) is 17.0 Å². The minimum absolute atomic E-state index is 0.465. The average molecular weight is 240 g/mol. The molecule has 0 bridgehead atoms. The first kappa shape index (κ1) is 11.7. The molecule has 0 spiro atoms. The number of halogens is 3. The Kier molecular flexibility index (Phi) is 2.69. The van der Waals surface area contributed by atoms with E-state index in [0.717, 1.165) is 17.2 Å². The van der Waals surface area contributed by atoms with Gasteiger partial charge in [-0.1, -0.05) is 24.8 Å². The molecular weight excluding hydrogens is 229 g/mol. The highest BCUT2D eigenvalue weighted by molar-refractivity contribution is 5.81. The van der Waals surface area contributed by atoms with E-state index in [0.29, 0.717) is 10.9 Å². The summed E-state index contributed by atoms with van der Waals surface area (Å²) in [6.07, 6.45) is -1.28. The maximum atomic E-state index is 12.6. The van der Waals surface area contributed by atoms with Crippen molar-refractivity contribution in [3.63, 3.8) is 0 Å². The summed E-state index contributed by atoms with van der Waals surface area (Å²) in [4.78, 5) is 0. The lowest BCUT2D eigenvalue weighted by Gasteiger charge is -2.17. The summed E-state index contributed by atoms with van der Waals surface area (Å²) in [6, 6.07) is 3.54. The Bertz CT molecular complexity index is 554. The molecule has 5 heteroatoms. The van der Waals surface area contributed by atoms with Gasteiger partial charge in [-0.3, -0.25) is 4.68 Å². The molecule has 0 fully saturated rings. The van der Waals surface area contributed by atoms with Gasteiger partial charge in [0.1, 0.15) is 6.04 Å². The number of hydrogen-bond donors (Lipinski definition) is 0. The van der Waals surface area contributed by atoms with Crippen LogP contribution in [-0.2, 0) is 0 Å². The largest absolute Gasteiger partial charge is 0.410 e. The number of fused-ring (bicyclic) bond motifs is 1. The molecular formula is C12H11F3N2. The lowest BCUT2D eigenvalue weighted by Crippen LogP contribution is -2.24. The van der Waals surface area contributed by atoms with E-state index in [1.54, 1.807) is 24.3 Å². The molecule has 0 N–H and O–H groups in total. The minimum atomic E-state index is -4.30. The van der Waals surface area contributed by atoms with Gasteiger partial charge in [-0.15, -0.1) is 0 Å². The Morgan fingerprint density at radius 2 is 2.12 bits per heavy atom. The van der Waals surface area contributed by atoms with Gasteiger partial charge in [0.05, 0.1) is 11.7 Å². The second-order valence-electron chi connectivity index (χ2n) is 3.83. The second-order valence-corrected chi connectivity index (χ2v) is 3.83. The van der Waals surface area contributed by atoms with E-state index in [2.05, 4.69) is 11.7 Å². The molecule has 1 unspecified atom stereocenters. The molecule has 0 aliphatic rings. The van der Waals surface area contributed by atoms with Crippen molar-refractivity contribution in [2.24, 2.45) is 0 Å². The summed E-state index contributed by atoms with van der Waals surface area (Å²) in [5.74, 6) is 0. The van der Waals surface area contributed by atoms with E-state index in [1.165, 1.54) is 6.20 Å². The van der Waals surface area contributed by atoms with E-state index in [1.807, 2.05) is 0 Å². The monoisotopic (exact) mass is 240 g/mol. The van der Waals surface area contributed by atoms with Gasteiger partial charge >= 0.3 is 6.18 Å². The van der Waals surface area contributed by atoms with Gasteiger partial charge in [-0.05, 0) is 18.6 Å². The first-order valence-corrected chi connectivity index (χ1v) is 5.10. The van der Waals surface area contributed by atoms with Gasteiger partial charge < -0.3 is 0 Å². The second kappa shape index (κ2) is 3.91. The Balaban J connectivity index is 2.58. The van der Waals surface area contributed by atoms with Crippen LogP contribution in [0.3, 0.4) is 0 Å². The van der Waals surface area contributed by atoms with Crippen LogP contribution in [0.5, 0.6) is 0 Å². The number of nitrogens with zero attached hydrogens (tertiary/aromatic N) is 2. The molecule has 0 saturated carbocycles. The first-order chi connectivity index (χ1) is 7.93. The zero-order chi connectivity index (χ0) is 12.6. The Morgan fingerprint density at radius 1 is 1.41 bits per heavy atom. The zero-order valence-corrected chi connectivity index (χ0v) is 9.20. The summed E-state index contributed by atoms with van der Waals surface area (Å²) < 4.78 is 38.9.